The Balaban J connectivity index is 1.76. The van der Waals surface area contributed by atoms with E-state index in [1.54, 1.807) is 12.1 Å². The van der Waals surface area contributed by atoms with Gasteiger partial charge in [0.05, 0.1) is 11.6 Å². The van der Waals surface area contributed by atoms with Gasteiger partial charge in [-0.15, -0.1) is 0 Å². The Hall–Kier alpha value is -4.94. The fourth-order valence-electron chi connectivity index (χ4n) is 6.81. The van der Waals surface area contributed by atoms with Gasteiger partial charge in [-0.3, -0.25) is 9.36 Å². The molecule has 6 rings (SSSR count). The molecule has 2 N–H and O–H groups in total. The number of pyridine rings is 1. The number of anilines is 1. The first-order valence-electron chi connectivity index (χ1n) is 16.3. The van der Waals surface area contributed by atoms with Crippen molar-refractivity contribution in [3.8, 4) is 11.1 Å². The van der Waals surface area contributed by atoms with Crippen LogP contribution in [0.5, 0.6) is 0 Å². The van der Waals surface area contributed by atoms with Gasteiger partial charge in [0.2, 0.25) is 0 Å². The van der Waals surface area contributed by atoms with Crippen molar-refractivity contribution in [3.05, 3.63) is 130 Å². The van der Waals surface area contributed by atoms with Crippen molar-refractivity contribution in [2.45, 2.75) is 62.9 Å². The Bertz CT molecular complexity index is 2230. The molecule has 0 amide bonds. The summed E-state index contributed by atoms with van der Waals surface area (Å²) in [6.45, 7) is 3.36. The number of fused-ring (bicyclic) bond motifs is 2. The molecule has 4 aromatic carbocycles. The van der Waals surface area contributed by atoms with E-state index in [1.807, 2.05) is 67.6 Å². The Kier molecular flexibility index (Phi) is 9.60. The Labute approximate surface area is 287 Å². The molecule has 50 heavy (non-hydrogen) atoms. The second-order valence-electron chi connectivity index (χ2n) is 12.4. The predicted octanol–water partition coefficient (Wildman–Crippen LogP) is 7.71. The third-order valence-corrected chi connectivity index (χ3v) is 11.3. The number of benzene rings is 4. The number of halogens is 3. The van der Waals surface area contributed by atoms with Gasteiger partial charge in [0.25, 0.3) is 15.6 Å². The normalized spacial score (nSPS) is 17.4. The maximum atomic E-state index is 14.8. The van der Waals surface area contributed by atoms with Crippen LogP contribution in [0.25, 0.3) is 21.9 Å². The standard InChI is InChI=1S/C38H36F3N3O5S/c1-3-4-20-43-24(2)34(37(46)47)44-35(45)33(42-23-25-12-6-5-7-13-25)31(22-27-16-10-15-26-14-8-9-19-30(26)27)32(36(44)50(43,48)49)28-17-11-18-29(21-28)38(39,40)41/h5-19,21,24,34,42H,3-4,20,22-23H2,1-2H3,(H,46,47). The number of aromatic nitrogens is 1. The molecule has 1 aliphatic heterocycles. The minimum atomic E-state index is -4.77. The van der Waals surface area contributed by atoms with Crippen LogP contribution in [0, 0.1) is 0 Å². The number of carbonyl (C=O) groups is 1. The minimum Gasteiger partial charge on any atom is -0.480 e. The number of rotatable bonds is 10. The number of sulfonamides is 1. The van der Waals surface area contributed by atoms with Gasteiger partial charge < -0.3 is 10.4 Å². The van der Waals surface area contributed by atoms with Crippen LogP contribution in [0.15, 0.2) is 107 Å². The number of nitrogens with one attached hydrogen (secondary N) is 1. The fourth-order valence-corrected chi connectivity index (χ4v) is 8.90. The molecule has 0 fully saturated rings. The lowest BCUT2D eigenvalue weighted by Gasteiger charge is -2.40. The molecule has 1 aromatic heterocycles. The lowest BCUT2D eigenvalue weighted by molar-refractivity contribution is -0.143. The largest absolute Gasteiger partial charge is 0.480 e. The molecular formula is C38H36F3N3O5S. The number of unbranched alkanes of at least 4 members (excludes halogenated alkanes) is 1. The first-order chi connectivity index (χ1) is 23.8. The first kappa shape index (κ1) is 34.9. The molecule has 0 aliphatic carbocycles. The van der Waals surface area contributed by atoms with Gasteiger partial charge in [-0.05, 0) is 58.5 Å². The lowest BCUT2D eigenvalue weighted by Crippen LogP contribution is -2.55. The Morgan fingerprint density at radius 1 is 0.940 bits per heavy atom. The van der Waals surface area contributed by atoms with Gasteiger partial charge in [0, 0.05) is 25.1 Å². The van der Waals surface area contributed by atoms with E-state index in [0.717, 1.165) is 37.3 Å². The van der Waals surface area contributed by atoms with Gasteiger partial charge >= 0.3 is 12.1 Å². The van der Waals surface area contributed by atoms with E-state index in [9.17, 15) is 36.3 Å². The highest BCUT2D eigenvalue weighted by atomic mass is 32.2. The van der Waals surface area contributed by atoms with Crippen LogP contribution in [-0.2, 0) is 34.0 Å². The van der Waals surface area contributed by atoms with E-state index < -0.39 is 50.4 Å². The number of carboxylic acids is 1. The molecule has 2 unspecified atom stereocenters. The molecular weight excluding hydrogens is 667 g/mol. The fraction of sp³-hybridized carbons (Fsp3) is 0.263. The van der Waals surface area contributed by atoms with Crippen molar-refractivity contribution < 1.29 is 31.5 Å². The predicted molar refractivity (Wildman–Crippen MR) is 187 cm³/mol. The van der Waals surface area contributed by atoms with Crippen molar-refractivity contribution in [1.29, 1.82) is 0 Å². The number of carboxylic acid groups (broad SMARTS) is 1. The van der Waals surface area contributed by atoms with E-state index in [0.29, 0.717) is 18.4 Å². The summed E-state index contributed by atoms with van der Waals surface area (Å²) in [5.74, 6) is -1.44. The highest BCUT2D eigenvalue weighted by molar-refractivity contribution is 7.89. The number of hydrogen-bond acceptors (Lipinski definition) is 5. The van der Waals surface area contributed by atoms with Gasteiger partial charge in [0.15, 0.2) is 11.1 Å². The average Bonchev–Trinajstić information content (AvgIpc) is 3.08. The summed E-state index contributed by atoms with van der Waals surface area (Å²) in [5.41, 5.74) is -0.651. The Morgan fingerprint density at radius 2 is 1.62 bits per heavy atom. The third-order valence-electron chi connectivity index (χ3n) is 9.23. The summed E-state index contributed by atoms with van der Waals surface area (Å²) in [5, 5.41) is 14.8. The second kappa shape index (κ2) is 13.8. The van der Waals surface area contributed by atoms with Crippen molar-refractivity contribution in [1.82, 2.24) is 8.87 Å². The van der Waals surface area contributed by atoms with E-state index in [1.165, 1.54) is 19.1 Å². The van der Waals surface area contributed by atoms with E-state index in [4.69, 9.17) is 0 Å². The maximum Gasteiger partial charge on any atom is 0.416 e. The highest BCUT2D eigenvalue weighted by Gasteiger charge is 2.48. The summed E-state index contributed by atoms with van der Waals surface area (Å²) in [7, 11) is -4.64. The molecule has 12 heteroatoms. The third kappa shape index (κ3) is 6.40. The smallest absolute Gasteiger partial charge is 0.416 e. The molecule has 1 aliphatic rings. The molecule has 2 heterocycles. The van der Waals surface area contributed by atoms with Crippen LogP contribution in [-0.4, -0.2) is 41.0 Å². The zero-order valence-corrected chi connectivity index (χ0v) is 28.3. The summed E-state index contributed by atoms with van der Waals surface area (Å²) in [4.78, 5) is 27.8. The number of nitrogens with zero attached hydrogens (tertiary/aromatic N) is 2. The van der Waals surface area contributed by atoms with Gasteiger partial charge in [-0.1, -0.05) is 98.3 Å². The number of hydrogen-bond donors (Lipinski definition) is 2. The molecule has 0 radical (unpaired) electrons. The molecule has 0 bridgehead atoms. The van der Waals surface area contributed by atoms with E-state index >= 15 is 0 Å². The van der Waals surface area contributed by atoms with E-state index in [2.05, 4.69) is 5.32 Å². The molecule has 2 atom stereocenters. The van der Waals surface area contributed by atoms with Crippen LogP contribution in [0.3, 0.4) is 0 Å². The molecule has 5 aromatic rings. The summed E-state index contributed by atoms with van der Waals surface area (Å²) < 4.78 is 73.9. The minimum absolute atomic E-state index is 0.0351. The summed E-state index contributed by atoms with van der Waals surface area (Å²) in [6, 6.07) is 23.5. The monoisotopic (exact) mass is 703 g/mol. The molecule has 0 saturated carbocycles. The molecule has 0 spiro atoms. The van der Waals surface area contributed by atoms with Crippen molar-refractivity contribution in [2.24, 2.45) is 0 Å². The summed E-state index contributed by atoms with van der Waals surface area (Å²) in [6.07, 6.45) is -3.82. The summed E-state index contributed by atoms with van der Waals surface area (Å²) >= 11 is 0. The van der Waals surface area contributed by atoms with Crippen LogP contribution >= 0.6 is 0 Å². The van der Waals surface area contributed by atoms with Crippen molar-refractivity contribution in [2.75, 3.05) is 11.9 Å². The first-order valence-corrected chi connectivity index (χ1v) is 17.8. The SMILES string of the molecule is CCCCN1C(C)C(C(=O)O)n2c(c(-c3cccc(C(F)(F)F)c3)c(Cc3cccc4ccccc34)c(NCc3ccccc3)c2=O)S1(=O)=O. The zero-order valence-electron chi connectivity index (χ0n) is 27.4. The molecule has 0 saturated heterocycles. The number of aliphatic carboxylic acids is 1. The van der Waals surface area contributed by atoms with Crippen molar-refractivity contribution >= 4 is 32.5 Å². The van der Waals surface area contributed by atoms with Crippen LogP contribution in [0.2, 0.25) is 0 Å². The average molecular weight is 704 g/mol. The molecule has 260 valence electrons. The van der Waals surface area contributed by atoms with Crippen molar-refractivity contribution in [3.63, 3.8) is 0 Å². The van der Waals surface area contributed by atoms with E-state index in [-0.39, 0.29) is 41.9 Å². The second-order valence-corrected chi connectivity index (χ2v) is 14.2. The lowest BCUT2D eigenvalue weighted by atomic mass is 9.91. The highest BCUT2D eigenvalue weighted by Crippen LogP contribution is 2.44. The van der Waals surface area contributed by atoms with Gasteiger partial charge in [-0.25, -0.2) is 13.2 Å². The van der Waals surface area contributed by atoms with Crippen LogP contribution in [0.1, 0.15) is 55.0 Å². The zero-order chi connectivity index (χ0) is 35.8. The van der Waals surface area contributed by atoms with Crippen LogP contribution < -0.4 is 10.9 Å². The van der Waals surface area contributed by atoms with Gasteiger partial charge in [0.1, 0.15) is 5.69 Å². The van der Waals surface area contributed by atoms with Gasteiger partial charge in [-0.2, -0.15) is 17.5 Å². The quantitative estimate of drug-likeness (QED) is 0.154. The Morgan fingerprint density at radius 3 is 2.32 bits per heavy atom. The topological polar surface area (TPSA) is 109 Å². The molecule has 8 nitrogen and oxygen atoms in total. The van der Waals surface area contributed by atoms with Crippen LogP contribution in [0.4, 0.5) is 18.9 Å². The maximum absolute atomic E-state index is 14.8. The number of alkyl halides is 3.